The minimum atomic E-state index is 0.0961. The normalized spacial score (nSPS) is 14.1. The monoisotopic (exact) mass is 468 g/mol. The van der Waals surface area contributed by atoms with Gasteiger partial charge in [-0.25, -0.2) is 4.98 Å². The maximum Gasteiger partial charge on any atom is 0.253 e. The number of nitrogens with zero attached hydrogens (tertiary/aromatic N) is 4. The summed E-state index contributed by atoms with van der Waals surface area (Å²) >= 11 is 1.45. The van der Waals surface area contributed by atoms with E-state index in [0.717, 1.165) is 60.1 Å². The van der Waals surface area contributed by atoms with Crippen LogP contribution in [0.1, 0.15) is 33.7 Å². The van der Waals surface area contributed by atoms with Gasteiger partial charge in [0, 0.05) is 49.7 Å². The summed E-state index contributed by atoms with van der Waals surface area (Å²) < 4.78 is 4.58. The van der Waals surface area contributed by atoms with Gasteiger partial charge in [-0.15, -0.1) is 0 Å². The molecule has 1 aliphatic heterocycles. The summed E-state index contributed by atoms with van der Waals surface area (Å²) in [6.07, 6.45) is 1.66. The molecule has 0 unspecified atom stereocenters. The van der Waals surface area contributed by atoms with Gasteiger partial charge in [-0.1, -0.05) is 72.3 Å². The SMILES string of the molecule is Cc1ccc(Cc2nsc(N3CCCN(C(=O)c4ccc(-c5ccccc5)cc4)CC3)n2)cc1. The third-order valence-electron chi connectivity index (χ3n) is 6.23. The van der Waals surface area contributed by atoms with E-state index >= 15 is 0 Å². The van der Waals surface area contributed by atoms with E-state index in [1.165, 1.54) is 22.7 Å². The third kappa shape index (κ3) is 5.18. The second-order valence-corrected chi connectivity index (χ2v) is 9.46. The summed E-state index contributed by atoms with van der Waals surface area (Å²) in [7, 11) is 0. The lowest BCUT2D eigenvalue weighted by Gasteiger charge is -2.21. The van der Waals surface area contributed by atoms with Crippen molar-refractivity contribution in [2.75, 3.05) is 31.1 Å². The number of carbonyl (C=O) groups is 1. The number of hydrogen-bond donors (Lipinski definition) is 0. The molecule has 1 aromatic heterocycles. The largest absolute Gasteiger partial charge is 0.345 e. The van der Waals surface area contributed by atoms with E-state index in [9.17, 15) is 4.79 Å². The lowest BCUT2D eigenvalue weighted by Crippen LogP contribution is -2.35. The molecule has 1 saturated heterocycles. The lowest BCUT2D eigenvalue weighted by molar-refractivity contribution is 0.0767. The molecule has 0 bridgehead atoms. The molecule has 5 nitrogen and oxygen atoms in total. The number of rotatable bonds is 5. The van der Waals surface area contributed by atoms with Crippen molar-refractivity contribution < 1.29 is 4.79 Å². The van der Waals surface area contributed by atoms with E-state index in [0.29, 0.717) is 6.54 Å². The van der Waals surface area contributed by atoms with Crippen molar-refractivity contribution in [2.24, 2.45) is 0 Å². The van der Waals surface area contributed by atoms with Crippen LogP contribution in [0.3, 0.4) is 0 Å². The number of aryl methyl sites for hydroxylation is 1. The van der Waals surface area contributed by atoms with Crippen molar-refractivity contribution in [1.82, 2.24) is 14.3 Å². The molecular formula is C28H28N4OS. The number of aromatic nitrogens is 2. The van der Waals surface area contributed by atoms with Crippen LogP contribution < -0.4 is 4.90 Å². The van der Waals surface area contributed by atoms with Crippen LogP contribution in [0.5, 0.6) is 0 Å². The zero-order chi connectivity index (χ0) is 23.3. The van der Waals surface area contributed by atoms with Crippen LogP contribution in [-0.2, 0) is 6.42 Å². The summed E-state index contributed by atoms with van der Waals surface area (Å²) in [5.74, 6) is 0.957. The Balaban J connectivity index is 1.20. The summed E-state index contributed by atoms with van der Waals surface area (Å²) in [5, 5.41) is 0.948. The molecule has 0 radical (unpaired) electrons. The third-order valence-corrected chi connectivity index (χ3v) is 7.05. The zero-order valence-electron chi connectivity index (χ0n) is 19.4. The highest BCUT2D eigenvalue weighted by atomic mass is 32.1. The summed E-state index contributed by atoms with van der Waals surface area (Å²) in [5.41, 5.74) is 5.50. The number of hydrogen-bond acceptors (Lipinski definition) is 5. The minimum absolute atomic E-state index is 0.0961. The van der Waals surface area contributed by atoms with Gasteiger partial charge in [0.2, 0.25) is 5.13 Å². The van der Waals surface area contributed by atoms with Crippen LogP contribution in [0, 0.1) is 6.92 Å². The average Bonchev–Trinajstić information content (AvgIpc) is 3.20. The average molecular weight is 469 g/mol. The first kappa shape index (κ1) is 22.3. The highest BCUT2D eigenvalue weighted by Gasteiger charge is 2.22. The number of anilines is 1. The molecule has 0 aliphatic carbocycles. The molecule has 1 fully saturated rings. The highest BCUT2D eigenvalue weighted by Crippen LogP contribution is 2.23. The van der Waals surface area contributed by atoms with Gasteiger partial charge in [-0.3, -0.25) is 4.79 Å². The molecule has 1 amide bonds. The number of carbonyl (C=O) groups excluding carboxylic acids is 1. The molecule has 0 saturated carbocycles. The fourth-order valence-corrected chi connectivity index (χ4v) is 5.00. The Morgan fingerprint density at radius 2 is 1.59 bits per heavy atom. The predicted molar refractivity (Wildman–Crippen MR) is 139 cm³/mol. The van der Waals surface area contributed by atoms with Crippen molar-refractivity contribution in [3.05, 3.63) is 101 Å². The summed E-state index contributed by atoms with van der Waals surface area (Å²) in [4.78, 5) is 22.2. The van der Waals surface area contributed by atoms with Crippen molar-refractivity contribution >= 4 is 22.6 Å². The second kappa shape index (κ2) is 10.2. The number of amides is 1. The fraction of sp³-hybridized carbons (Fsp3) is 0.250. The lowest BCUT2D eigenvalue weighted by atomic mass is 10.0. The molecule has 6 heteroatoms. The van der Waals surface area contributed by atoms with Crippen LogP contribution in [0.25, 0.3) is 11.1 Å². The molecule has 0 spiro atoms. The Kier molecular flexibility index (Phi) is 6.67. The molecule has 1 aliphatic rings. The second-order valence-electron chi connectivity index (χ2n) is 8.73. The van der Waals surface area contributed by atoms with E-state index in [-0.39, 0.29) is 5.91 Å². The predicted octanol–water partition coefficient (Wildman–Crippen LogP) is 5.46. The molecule has 3 aromatic carbocycles. The van der Waals surface area contributed by atoms with Crippen molar-refractivity contribution in [3.8, 4) is 11.1 Å². The molecule has 5 rings (SSSR count). The minimum Gasteiger partial charge on any atom is -0.345 e. The van der Waals surface area contributed by atoms with Crippen molar-refractivity contribution in [2.45, 2.75) is 19.8 Å². The first-order valence-electron chi connectivity index (χ1n) is 11.7. The first-order chi connectivity index (χ1) is 16.7. The zero-order valence-corrected chi connectivity index (χ0v) is 20.2. The van der Waals surface area contributed by atoms with Crippen LogP contribution in [0.2, 0.25) is 0 Å². The standard InChI is InChI=1S/C28H28N4OS/c1-21-8-10-22(11-9-21)20-26-29-28(34-30-26)32-17-5-16-31(18-19-32)27(33)25-14-12-24(13-15-25)23-6-3-2-4-7-23/h2-4,6-15H,5,16-20H2,1H3. The van der Waals surface area contributed by atoms with Crippen LogP contribution in [0.15, 0.2) is 78.9 Å². The van der Waals surface area contributed by atoms with Crippen molar-refractivity contribution in [3.63, 3.8) is 0 Å². The van der Waals surface area contributed by atoms with Gasteiger partial charge in [0.15, 0.2) is 0 Å². The Labute approximate surface area is 204 Å². The van der Waals surface area contributed by atoms with Gasteiger partial charge in [0.05, 0.1) is 0 Å². The molecular weight excluding hydrogens is 440 g/mol. The topological polar surface area (TPSA) is 49.3 Å². The van der Waals surface area contributed by atoms with Gasteiger partial charge < -0.3 is 9.80 Å². The summed E-state index contributed by atoms with van der Waals surface area (Å²) in [6.45, 7) is 5.19. The Morgan fingerprint density at radius 3 is 2.35 bits per heavy atom. The van der Waals surface area contributed by atoms with Crippen LogP contribution in [-0.4, -0.2) is 46.3 Å². The van der Waals surface area contributed by atoms with Gasteiger partial charge in [0.25, 0.3) is 5.91 Å². The Morgan fingerprint density at radius 1 is 0.853 bits per heavy atom. The number of benzene rings is 3. The van der Waals surface area contributed by atoms with E-state index in [4.69, 9.17) is 4.98 Å². The van der Waals surface area contributed by atoms with E-state index in [1.807, 2.05) is 47.4 Å². The van der Waals surface area contributed by atoms with Gasteiger partial charge >= 0.3 is 0 Å². The van der Waals surface area contributed by atoms with Crippen molar-refractivity contribution in [1.29, 1.82) is 0 Å². The first-order valence-corrected chi connectivity index (χ1v) is 12.5. The molecule has 4 aromatic rings. The molecule has 2 heterocycles. The quantitative estimate of drug-likeness (QED) is 0.390. The van der Waals surface area contributed by atoms with Gasteiger partial charge in [-0.05, 0) is 42.2 Å². The molecule has 0 atom stereocenters. The highest BCUT2D eigenvalue weighted by molar-refractivity contribution is 7.09. The van der Waals surface area contributed by atoms with E-state index < -0.39 is 0 Å². The molecule has 172 valence electrons. The summed E-state index contributed by atoms with van der Waals surface area (Å²) in [6, 6.07) is 26.7. The Bertz CT molecular complexity index is 1240. The van der Waals surface area contributed by atoms with E-state index in [1.54, 1.807) is 0 Å². The maximum atomic E-state index is 13.2. The molecule has 0 N–H and O–H groups in total. The fourth-order valence-electron chi connectivity index (χ4n) is 4.26. The van der Waals surface area contributed by atoms with E-state index in [2.05, 4.69) is 52.6 Å². The maximum absolute atomic E-state index is 13.2. The van der Waals surface area contributed by atoms with Gasteiger partial charge in [-0.2, -0.15) is 4.37 Å². The van der Waals surface area contributed by atoms with Crippen LogP contribution >= 0.6 is 11.5 Å². The van der Waals surface area contributed by atoms with Crippen LogP contribution in [0.4, 0.5) is 5.13 Å². The Hall–Kier alpha value is -3.51. The smallest absolute Gasteiger partial charge is 0.253 e. The molecule has 34 heavy (non-hydrogen) atoms. The van der Waals surface area contributed by atoms with Gasteiger partial charge in [0.1, 0.15) is 5.82 Å².